The standard InChI is InChI=1S/C13H14ClF3N2S/c1-20-7-6-19-11-3-2-9(13(15,16)17)8-10(11)18-12(19)4-5-14/h2-3,8H,4-7H2,1H3. The zero-order valence-electron chi connectivity index (χ0n) is 10.9. The number of halogens is 4. The zero-order valence-corrected chi connectivity index (χ0v) is 12.4. The second kappa shape index (κ2) is 6.26. The van der Waals surface area contributed by atoms with Crippen LogP contribution in [0.2, 0.25) is 0 Å². The van der Waals surface area contributed by atoms with Crippen molar-refractivity contribution in [3.8, 4) is 0 Å². The molecule has 0 unspecified atom stereocenters. The van der Waals surface area contributed by atoms with E-state index in [1.807, 2.05) is 10.8 Å². The topological polar surface area (TPSA) is 17.8 Å². The molecule has 0 saturated carbocycles. The smallest absolute Gasteiger partial charge is 0.327 e. The summed E-state index contributed by atoms with van der Waals surface area (Å²) >= 11 is 7.42. The van der Waals surface area contributed by atoms with E-state index in [0.717, 1.165) is 35.8 Å². The Kier molecular flexibility index (Phi) is 4.86. The van der Waals surface area contributed by atoms with Gasteiger partial charge in [0.2, 0.25) is 0 Å². The van der Waals surface area contributed by atoms with Crippen LogP contribution < -0.4 is 0 Å². The first-order valence-corrected chi connectivity index (χ1v) is 8.01. The molecule has 1 heterocycles. The van der Waals surface area contributed by atoms with Gasteiger partial charge in [-0.1, -0.05) is 0 Å². The lowest BCUT2D eigenvalue weighted by Crippen LogP contribution is -2.07. The average Bonchev–Trinajstić information content (AvgIpc) is 2.72. The number of hydrogen-bond acceptors (Lipinski definition) is 2. The van der Waals surface area contributed by atoms with Crippen molar-refractivity contribution >= 4 is 34.4 Å². The number of nitrogens with zero attached hydrogens (tertiary/aromatic N) is 2. The predicted octanol–water partition coefficient (Wildman–Crippen LogP) is 4.20. The summed E-state index contributed by atoms with van der Waals surface area (Å²) in [7, 11) is 0. The summed E-state index contributed by atoms with van der Waals surface area (Å²) in [4.78, 5) is 4.30. The lowest BCUT2D eigenvalue weighted by molar-refractivity contribution is -0.137. The van der Waals surface area contributed by atoms with Crippen LogP contribution in [0.15, 0.2) is 18.2 Å². The minimum absolute atomic E-state index is 0.376. The molecule has 2 aromatic rings. The van der Waals surface area contributed by atoms with Crippen LogP contribution in [0.25, 0.3) is 11.0 Å². The van der Waals surface area contributed by atoms with Gasteiger partial charge in [0.05, 0.1) is 16.6 Å². The number of hydrogen-bond donors (Lipinski definition) is 0. The molecule has 0 fully saturated rings. The van der Waals surface area contributed by atoms with Crippen LogP contribution in [0.4, 0.5) is 13.2 Å². The number of aryl methyl sites for hydroxylation is 2. The van der Waals surface area contributed by atoms with Crippen molar-refractivity contribution in [3.05, 3.63) is 29.6 Å². The summed E-state index contributed by atoms with van der Waals surface area (Å²) in [5, 5.41) is 0. The van der Waals surface area contributed by atoms with Crippen molar-refractivity contribution < 1.29 is 13.2 Å². The molecule has 0 aliphatic heterocycles. The Bertz CT molecular complexity index is 595. The molecule has 0 radical (unpaired) electrons. The first-order valence-electron chi connectivity index (χ1n) is 6.08. The minimum Gasteiger partial charge on any atom is -0.327 e. The molecule has 0 atom stereocenters. The maximum absolute atomic E-state index is 12.7. The van der Waals surface area contributed by atoms with Crippen molar-refractivity contribution in [3.63, 3.8) is 0 Å². The normalized spacial score (nSPS) is 12.2. The molecule has 0 saturated heterocycles. The van der Waals surface area contributed by atoms with E-state index in [9.17, 15) is 13.2 Å². The first-order chi connectivity index (χ1) is 9.47. The van der Waals surface area contributed by atoms with E-state index < -0.39 is 11.7 Å². The van der Waals surface area contributed by atoms with Crippen molar-refractivity contribution in [2.45, 2.75) is 19.1 Å². The van der Waals surface area contributed by atoms with Crippen LogP contribution in [-0.4, -0.2) is 27.4 Å². The maximum atomic E-state index is 12.7. The number of alkyl halides is 4. The summed E-state index contributed by atoms with van der Waals surface area (Å²) < 4.78 is 40.1. The average molecular weight is 323 g/mol. The second-order valence-corrected chi connectivity index (χ2v) is 5.68. The lowest BCUT2D eigenvalue weighted by atomic mass is 10.2. The van der Waals surface area contributed by atoms with Gasteiger partial charge in [0.15, 0.2) is 0 Å². The quantitative estimate of drug-likeness (QED) is 0.768. The fraction of sp³-hybridized carbons (Fsp3) is 0.462. The van der Waals surface area contributed by atoms with Crippen LogP contribution in [0.5, 0.6) is 0 Å². The summed E-state index contributed by atoms with van der Waals surface area (Å²) in [5.41, 5.74) is 0.435. The number of imidazole rings is 1. The molecule has 0 aliphatic carbocycles. The van der Waals surface area contributed by atoms with E-state index in [2.05, 4.69) is 4.98 Å². The van der Waals surface area contributed by atoms with E-state index in [0.29, 0.717) is 17.8 Å². The molecule has 1 aromatic carbocycles. The van der Waals surface area contributed by atoms with E-state index >= 15 is 0 Å². The number of thioether (sulfide) groups is 1. The third-order valence-corrected chi connectivity index (χ3v) is 3.77. The van der Waals surface area contributed by atoms with E-state index in [4.69, 9.17) is 11.6 Å². The number of aromatic nitrogens is 2. The molecule has 110 valence electrons. The van der Waals surface area contributed by atoms with Crippen LogP contribution in [0.3, 0.4) is 0 Å². The number of fused-ring (bicyclic) bond motifs is 1. The summed E-state index contributed by atoms with van der Waals surface area (Å²) in [5.74, 6) is 2.01. The fourth-order valence-corrected chi connectivity index (χ4v) is 2.60. The molecular weight excluding hydrogens is 309 g/mol. The highest BCUT2D eigenvalue weighted by molar-refractivity contribution is 7.98. The van der Waals surface area contributed by atoms with Crippen LogP contribution in [-0.2, 0) is 19.1 Å². The molecule has 0 spiro atoms. The van der Waals surface area contributed by atoms with E-state index in [1.165, 1.54) is 6.07 Å². The molecule has 20 heavy (non-hydrogen) atoms. The molecule has 0 N–H and O–H groups in total. The van der Waals surface area contributed by atoms with Gasteiger partial charge in [-0.25, -0.2) is 4.98 Å². The monoisotopic (exact) mass is 322 g/mol. The summed E-state index contributed by atoms with van der Waals surface area (Å²) in [6.45, 7) is 0.718. The van der Waals surface area contributed by atoms with E-state index in [1.54, 1.807) is 11.8 Å². The summed E-state index contributed by atoms with van der Waals surface area (Å²) in [6.07, 6.45) is -1.81. The van der Waals surface area contributed by atoms with Gasteiger partial charge >= 0.3 is 6.18 Å². The van der Waals surface area contributed by atoms with Crippen molar-refractivity contribution in [2.75, 3.05) is 17.9 Å². The molecule has 0 aliphatic rings. The van der Waals surface area contributed by atoms with E-state index in [-0.39, 0.29) is 0 Å². The molecule has 2 nitrogen and oxygen atoms in total. The molecule has 7 heteroatoms. The lowest BCUT2D eigenvalue weighted by Gasteiger charge is -2.08. The van der Waals surface area contributed by atoms with Gasteiger partial charge in [0, 0.05) is 24.6 Å². The van der Waals surface area contributed by atoms with Gasteiger partial charge in [-0.05, 0) is 24.5 Å². The highest BCUT2D eigenvalue weighted by Gasteiger charge is 2.31. The molecule has 1 aromatic heterocycles. The maximum Gasteiger partial charge on any atom is 0.416 e. The van der Waals surface area contributed by atoms with Crippen LogP contribution in [0.1, 0.15) is 11.4 Å². The van der Waals surface area contributed by atoms with Crippen LogP contribution >= 0.6 is 23.4 Å². The van der Waals surface area contributed by atoms with Crippen molar-refractivity contribution in [2.24, 2.45) is 0 Å². The van der Waals surface area contributed by atoms with Gasteiger partial charge in [0.1, 0.15) is 5.82 Å². The zero-order chi connectivity index (χ0) is 14.8. The molecule has 2 rings (SSSR count). The third-order valence-electron chi connectivity index (χ3n) is 2.99. The largest absolute Gasteiger partial charge is 0.416 e. The van der Waals surface area contributed by atoms with Gasteiger partial charge in [-0.2, -0.15) is 24.9 Å². The Balaban J connectivity index is 2.49. The molecular formula is C13H14ClF3N2S. The Morgan fingerprint density at radius 2 is 2.10 bits per heavy atom. The second-order valence-electron chi connectivity index (χ2n) is 4.31. The van der Waals surface area contributed by atoms with Gasteiger partial charge in [-0.3, -0.25) is 0 Å². The van der Waals surface area contributed by atoms with Crippen LogP contribution in [0, 0.1) is 0 Å². The Morgan fingerprint density at radius 1 is 1.35 bits per heavy atom. The first kappa shape index (κ1) is 15.5. The third kappa shape index (κ3) is 3.23. The Hall–Kier alpha value is -0.880. The Labute approximate surface area is 124 Å². The molecule has 0 amide bonds. The van der Waals surface area contributed by atoms with Gasteiger partial charge in [0.25, 0.3) is 0 Å². The van der Waals surface area contributed by atoms with Crippen molar-refractivity contribution in [1.29, 1.82) is 0 Å². The van der Waals surface area contributed by atoms with Gasteiger partial charge in [-0.15, -0.1) is 11.6 Å². The highest BCUT2D eigenvalue weighted by Crippen LogP contribution is 2.31. The Morgan fingerprint density at radius 3 is 2.70 bits per heavy atom. The predicted molar refractivity (Wildman–Crippen MR) is 77.5 cm³/mol. The number of rotatable bonds is 5. The molecule has 0 bridgehead atoms. The number of benzene rings is 1. The summed E-state index contributed by atoms with van der Waals surface area (Å²) in [6, 6.07) is 3.69. The van der Waals surface area contributed by atoms with Gasteiger partial charge < -0.3 is 4.57 Å². The highest BCUT2D eigenvalue weighted by atomic mass is 35.5. The fourth-order valence-electron chi connectivity index (χ4n) is 2.06. The minimum atomic E-state index is -4.34. The van der Waals surface area contributed by atoms with Crippen molar-refractivity contribution in [1.82, 2.24) is 9.55 Å². The SMILES string of the molecule is CSCCn1c(CCCl)nc2cc(C(F)(F)F)ccc21.